The second kappa shape index (κ2) is 6.95. The first-order valence-corrected chi connectivity index (χ1v) is 8.66. The molecular formula is C19H27N3O2. The SMILES string of the molecule is Cc1noc(C)c1-c1cc(O)cc(CN2CCN(C(C)C)CC2)c1. The zero-order valence-electron chi connectivity index (χ0n) is 15.0. The number of rotatable bonds is 4. The zero-order valence-corrected chi connectivity index (χ0v) is 15.0. The molecular weight excluding hydrogens is 302 g/mol. The van der Waals surface area contributed by atoms with Crippen molar-refractivity contribution in [2.45, 2.75) is 40.3 Å². The predicted octanol–water partition coefficient (Wildman–Crippen LogP) is 3.19. The Hall–Kier alpha value is -1.85. The molecule has 130 valence electrons. The summed E-state index contributed by atoms with van der Waals surface area (Å²) >= 11 is 0. The summed E-state index contributed by atoms with van der Waals surface area (Å²) in [6.07, 6.45) is 0. The number of piperazine rings is 1. The summed E-state index contributed by atoms with van der Waals surface area (Å²) in [7, 11) is 0. The topological polar surface area (TPSA) is 52.7 Å². The molecule has 0 bridgehead atoms. The molecule has 1 aliphatic rings. The monoisotopic (exact) mass is 329 g/mol. The summed E-state index contributed by atoms with van der Waals surface area (Å²) in [6, 6.07) is 6.39. The Kier molecular flexibility index (Phi) is 4.92. The first-order valence-electron chi connectivity index (χ1n) is 8.66. The van der Waals surface area contributed by atoms with E-state index in [1.165, 1.54) is 0 Å². The third kappa shape index (κ3) is 3.62. The van der Waals surface area contributed by atoms with Gasteiger partial charge in [0.1, 0.15) is 11.5 Å². The minimum absolute atomic E-state index is 0.295. The molecule has 3 rings (SSSR count). The molecule has 0 saturated carbocycles. The Morgan fingerprint density at radius 3 is 2.42 bits per heavy atom. The summed E-state index contributed by atoms with van der Waals surface area (Å²) in [5.74, 6) is 1.08. The van der Waals surface area contributed by atoms with Crippen molar-refractivity contribution in [2.75, 3.05) is 26.2 Å². The molecule has 0 unspecified atom stereocenters. The van der Waals surface area contributed by atoms with Gasteiger partial charge in [0, 0.05) is 44.3 Å². The predicted molar refractivity (Wildman–Crippen MR) is 95.1 cm³/mol. The Morgan fingerprint density at radius 1 is 1.12 bits per heavy atom. The second-order valence-corrected chi connectivity index (χ2v) is 6.99. The van der Waals surface area contributed by atoms with E-state index in [0.29, 0.717) is 11.8 Å². The van der Waals surface area contributed by atoms with Crippen molar-refractivity contribution in [1.29, 1.82) is 0 Å². The number of nitrogens with zero attached hydrogens (tertiary/aromatic N) is 3. The van der Waals surface area contributed by atoms with Crippen molar-refractivity contribution in [3.8, 4) is 16.9 Å². The zero-order chi connectivity index (χ0) is 17.3. The number of phenolic OH excluding ortho intramolecular Hbond substituents is 1. The number of aromatic hydroxyl groups is 1. The molecule has 2 heterocycles. The van der Waals surface area contributed by atoms with Crippen LogP contribution in [0.4, 0.5) is 0 Å². The maximum atomic E-state index is 10.1. The highest BCUT2D eigenvalue weighted by Crippen LogP contribution is 2.31. The second-order valence-electron chi connectivity index (χ2n) is 6.99. The smallest absolute Gasteiger partial charge is 0.141 e. The van der Waals surface area contributed by atoms with Gasteiger partial charge in [0.2, 0.25) is 0 Å². The van der Waals surface area contributed by atoms with Gasteiger partial charge >= 0.3 is 0 Å². The van der Waals surface area contributed by atoms with Gasteiger partial charge in [-0.2, -0.15) is 0 Å². The fourth-order valence-electron chi connectivity index (χ4n) is 3.50. The minimum Gasteiger partial charge on any atom is -0.508 e. The van der Waals surface area contributed by atoms with Crippen LogP contribution in [0.3, 0.4) is 0 Å². The van der Waals surface area contributed by atoms with Crippen LogP contribution in [-0.4, -0.2) is 52.3 Å². The number of aromatic nitrogens is 1. The van der Waals surface area contributed by atoms with Crippen LogP contribution in [0.25, 0.3) is 11.1 Å². The van der Waals surface area contributed by atoms with Crippen LogP contribution in [0.5, 0.6) is 5.75 Å². The average Bonchev–Trinajstić information content (AvgIpc) is 2.86. The third-order valence-corrected chi connectivity index (χ3v) is 4.84. The summed E-state index contributed by atoms with van der Waals surface area (Å²) < 4.78 is 5.27. The molecule has 0 amide bonds. The van der Waals surface area contributed by atoms with Gasteiger partial charge in [-0.3, -0.25) is 9.80 Å². The molecule has 1 fully saturated rings. The molecule has 1 saturated heterocycles. The molecule has 1 aromatic heterocycles. The average molecular weight is 329 g/mol. The lowest BCUT2D eigenvalue weighted by Gasteiger charge is -2.37. The van der Waals surface area contributed by atoms with Crippen LogP contribution in [0.2, 0.25) is 0 Å². The molecule has 0 aliphatic carbocycles. The van der Waals surface area contributed by atoms with Crippen LogP contribution in [0, 0.1) is 13.8 Å². The molecule has 0 radical (unpaired) electrons. The molecule has 1 N–H and O–H groups in total. The van der Waals surface area contributed by atoms with E-state index in [1.54, 1.807) is 6.07 Å². The largest absolute Gasteiger partial charge is 0.508 e. The molecule has 5 nitrogen and oxygen atoms in total. The normalized spacial score (nSPS) is 16.9. The Morgan fingerprint density at radius 2 is 1.83 bits per heavy atom. The number of aryl methyl sites for hydroxylation is 2. The fourth-order valence-corrected chi connectivity index (χ4v) is 3.50. The van der Waals surface area contributed by atoms with Crippen LogP contribution in [-0.2, 0) is 6.54 Å². The minimum atomic E-state index is 0.295. The Balaban J connectivity index is 1.76. The molecule has 1 aromatic carbocycles. The van der Waals surface area contributed by atoms with E-state index in [1.807, 2.05) is 19.9 Å². The van der Waals surface area contributed by atoms with Crippen LogP contribution >= 0.6 is 0 Å². The highest BCUT2D eigenvalue weighted by molar-refractivity contribution is 5.69. The molecule has 1 aliphatic heterocycles. The van der Waals surface area contributed by atoms with Gasteiger partial charge in [-0.05, 0) is 57.0 Å². The molecule has 24 heavy (non-hydrogen) atoms. The van der Waals surface area contributed by atoms with Gasteiger partial charge < -0.3 is 9.63 Å². The Labute approximate surface area is 143 Å². The van der Waals surface area contributed by atoms with Crippen molar-refractivity contribution in [3.63, 3.8) is 0 Å². The quantitative estimate of drug-likeness (QED) is 0.933. The summed E-state index contributed by atoms with van der Waals surface area (Å²) in [5, 5.41) is 14.2. The standard InChI is InChI=1S/C19H27N3O2/c1-13(2)22-7-5-21(6-8-22)12-16-9-17(11-18(23)10-16)19-14(3)20-24-15(19)4/h9-11,13,23H,5-8,12H2,1-4H3. The van der Waals surface area contributed by atoms with Crippen molar-refractivity contribution >= 4 is 0 Å². The maximum Gasteiger partial charge on any atom is 0.141 e. The molecule has 2 aromatic rings. The fraction of sp³-hybridized carbons (Fsp3) is 0.526. The number of hydrogen-bond acceptors (Lipinski definition) is 5. The summed E-state index contributed by atoms with van der Waals surface area (Å²) in [5.41, 5.74) is 3.94. The molecule has 0 spiro atoms. The van der Waals surface area contributed by atoms with Crippen LogP contribution in [0.1, 0.15) is 30.9 Å². The van der Waals surface area contributed by atoms with Crippen LogP contribution < -0.4 is 0 Å². The summed E-state index contributed by atoms with van der Waals surface area (Å²) in [6.45, 7) is 13.5. The lowest BCUT2D eigenvalue weighted by molar-refractivity contribution is 0.104. The van der Waals surface area contributed by atoms with E-state index in [2.05, 4.69) is 34.9 Å². The third-order valence-electron chi connectivity index (χ3n) is 4.84. The lowest BCUT2D eigenvalue weighted by Crippen LogP contribution is -2.48. The van der Waals surface area contributed by atoms with Gasteiger partial charge in [0.05, 0.1) is 5.69 Å². The van der Waals surface area contributed by atoms with E-state index in [9.17, 15) is 5.11 Å². The van der Waals surface area contributed by atoms with Gasteiger partial charge in [-0.15, -0.1) is 0 Å². The van der Waals surface area contributed by atoms with Gasteiger partial charge in [-0.1, -0.05) is 5.16 Å². The van der Waals surface area contributed by atoms with Crippen molar-refractivity contribution in [2.24, 2.45) is 0 Å². The molecule has 0 atom stereocenters. The van der Waals surface area contributed by atoms with Crippen molar-refractivity contribution < 1.29 is 9.63 Å². The lowest BCUT2D eigenvalue weighted by atomic mass is 10.0. The number of benzene rings is 1. The van der Waals surface area contributed by atoms with Gasteiger partial charge in [0.15, 0.2) is 0 Å². The first kappa shape index (κ1) is 17.0. The van der Waals surface area contributed by atoms with Crippen LogP contribution in [0.15, 0.2) is 22.7 Å². The number of hydrogen-bond donors (Lipinski definition) is 1. The first-order chi connectivity index (χ1) is 11.4. The summed E-state index contributed by atoms with van der Waals surface area (Å²) in [4.78, 5) is 4.96. The Bertz CT molecular complexity index is 681. The van der Waals surface area contributed by atoms with E-state index >= 15 is 0 Å². The van der Waals surface area contributed by atoms with Crippen molar-refractivity contribution in [3.05, 3.63) is 35.2 Å². The van der Waals surface area contributed by atoms with Gasteiger partial charge in [-0.25, -0.2) is 0 Å². The van der Waals surface area contributed by atoms with E-state index < -0.39 is 0 Å². The maximum absolute atomic E-state index is 10.1. The highest BCUT2D eigenvalue weighted by Gasteiger charge is 2.19. The van der Waals surface area contributed by atoms with E-state index in [-0.39, 0.29) is 0 Å². The van der Waals surface area contributed by atoms with E-state index in [4.69, 9.17) is 4.52 Å². The van der Waals surface area contributed by atoms with Crippen molar-refractivity contribution in [1.82, 2.24) is 15.0 Å². The molecule has 5 heteroatoms. The highest BCUT2D eigenvalue weighted by atomic mass is 16.5. The number of phenols is 1. The van der Waals surface area contributed by atoms with Gasteiger partial charge in [0.25, 0.3) is 0 Å². The van der Waals surface area contributed by atoms with E-state index in [0.717, 1.165) is 60.9 Å².